The van der Waals surface area contributed by atoms with Crippen LogP contribution in [-0.4, -0.2) is 61.0 Å². The molecule has 1 heterocycles. The minimum Gasteiger partial charge on any atom is -0.354 e. The number of likely N-dealkylation sites (N-methyl/N-ethyl adjacent to an activating group) is 1. The smallest absolute Gasteiger partial charge is 0.217 e. The Morgan fingerprint density at radius 1 is 1.06 bits per heavy atom. The van der Waals surface area contributed by atoms with E-state index < -0.39 is 0 Å². The number of hydrogen-bond acceptors (Lipinski definition) is 3. The van der Waals surface area contributed by atoms with E-state index in [1.807, 2.05) is 0 Å². The molecule has 1 aliphatic carbocycles. The summed E-state index contributed by atoms with van der Waals surface area (Å²) < 4.78 is 0. The van der Waals surface area contributed by atoms with Gasteiger partial charge in [-0.2, -0.15) is 0 Å². The summed E-state index contributed by atoms with van der Waals surface area (Å²) >= 11 is 0. The predicted octanol–water partition coefficient (Wildman–Crippen LogP) is 1.07. The van der Waals surface area contributed by atoms with Crippen LogP contribution in [0.2, 0.25) is 0 Å². The molecule has 4 nitrogen and oxygen atoms in total. The monoisotopic (exact) mass is 253 g/mol. The Morgan fingerprint density at radius 3 is 2.44 bits per heavy atom. The van der Waals surface area contributed by atoms with Crippen molar-refractivity contribution in [1.82, 2.24) is 15.1 Å². The Labute approximate surface area is 111 Å². The van der Waals surface area contributed by atoms with E-state index in [2.05, 4.69) is 22.2 Å². The number of hydrogen-bond donors (Lipinski definition) is 1. The van der Waals surface area contributed by atoms with Crippen LogP contribution in [0.1, 0.15) is 39.0 Å². The van der Waals surface area contributed by atoms with Gasteiger partial charge in [0.2, 0.25) is 5.91 Å². The highest BCUT2D eigenvalue weighted by Crippen LogP contribution is 2.24. The van der Waals surface area contributed by atoms with Crippen molar-refractivity contribution in [3.63, 3.8) is 0 Å². The van der Waals surface area contributed by atoms with E-state index >= 15 is 0 Å². The van der Waals surface area contributed by atoms with Crippen LogP contribution < -0.4 is 5.32 Å². The summed E-state index contributed by atoms with van der Waals surface area (Å²) in [6.45, 7) is 6.52. The molecule has 104 valence electrons. The summed E-state index contributed by atoms with van der Waals surface area (Å²) in [5.41, 5.74) is 0. The third-order valence-electron chi connectivity index (χ3n) is 4.37. The quantitative estimate of drug-likeness (QED) is 0.799. The molecule has 0 atom stereocenters. The number of nitrogens with zero attached hydrogens (tertiary/aromatic N) is 2. The van der Waals surface area contributed by atoms with Crippen LogP contribution >= 0.6 is 0 Å². The Bertz CT molecular complexity index is 274. The lowest BCUT2D eigenvalue weighted by Gasteiger charge is -2.36. The van der Waals surface area contributed by atoms with Crippen molar-refractivity contribution in [2.45, 2.75) is 51.1 Å². The molecular weight excluding hydrogens is 226 g/mol. The second-order valence-corrected chi connectivity index (χ2v) is 5.90. The minimum atomic E-state index is 0.120. The van der Waals surface area contributed by atoms with E-state index in [4.69, 9.17) is 0 Å². The highest BCUT2D eigenvalue weighted by Gasteiger charge is 2.26. The Morgan fingerprint density at radius 2 is 1.78 bits per heavy atom. The van der Waals surface area contributed by atoms with Crippen molar-refractivity contribution in [3.05, 3.63) is 0 Å². The average Bonchev–Trinajstić information content (AvgIpc) is 2.54. The Kier molecular flexibility index (Phi) is 5.01. The van der Waals surface area contributed by atoms with Gasteiger partial charge >= 0.3 is 0 Å². The van der Waals surface area contributed by atoms with Crippen LogP contribution in [0.5, 0.6) is 0 Å². The van der Waals surface area contributed by atoms with E-state index in [0.717, 1.165) is 18.9 Å². The summed E-state index contributed by atoms with van der Waals surface area (Å²) in [5.74, 6) is 0.120. The van der Waals surface area contributed by atoms with Crippen molar-refractivity contribution in [3.8, 4) is 0 Å². The lowest BCUT2D eigenvalue weighted by Crippen LogP contribution is -2.44. The molecule has 0 bridgehead atoms. The predicted molar refractivity (Wildman–Crippen MR) is 73.5 cm³/mol. The molecule has 18 heavy (non-hydrogen) atoms. The Hall–Kier alpha value is -0.610. The molecule has 1 saturated heterocycles. The van der Waals surface area contributed by atoms with Gasteiger partial charge in [0, 0.05) is 32.1 Å². The maximum atomic E-state index is 11.0. The van der Waals surface area contributed by atoms with Crippen LogP contribution in [0, 0.1) is 0 Å². The number of amides is 1. The molecule has 1 saturated carbocycles. The first-order chi connectivity index (χ1) is 8.65. The number of rotatable bonds is 2. The highest BCUT2D eigenvalue weighted by atomic mass is 16.1. The van der Waals surface area contributed by atoms with Crippen molar-refractivity contribution in [1.29, 1.82) is 0 Å². The summed E-state index contributed by atoms with van der Waals surface area (Å²) in [6.07, 6.45) is 6.08. The molecule has 2 fully saturated rings. The fraction of sp³-hybridized carbons (Fsp3) is 0.929. The maximum Gasteiger partial charge on any atom is 0.217 e. The molecule has 4 heteroatoms. The van der Waals surface area contributed by atoms with Crippen molar-refractivity contribution < 1.29 is 4.79 Å². The SMILES string of the molecule is CC(=O)N[C@H]1CC[C@@H](N2CCCN(C)CC2)CC1. The van der Waals surface area contributed by atoms with Gasteiger partial charge < -0.3 is 10.2 Å². The van der Waals surface area contributed by atoms with Crippen molar-refractivity contribution >= 4 is 5.91 Å². The zero-order valence-corrected chi connectivity index (χ0v) is 11.8. The zero-order valence-electron chi connectivity index (χ0n) is 11.8. The molecule has 0 aromatic carbocycles. The van der Waals surface area contributed by atoms with Crippen molar-refractivity contribution in [2.75, 3.05) is 33.2 Å². The molecule has 2 rings (SSSR count). The summed E-state index contributed by atoms with van der Waals surface area (Å²) in [7, 11) is 2.22. The van der Waals surface area contributed by atoms with Gasteiger partial charge in [0.1, 0.15) is 0 Å². The Balaban J connectivity index is 1.76. The average molecular weight is 253 g/mol. The van der Waals surface area contributed by atoms with Crippen LogP contribution in [0.25, 0.3) is 0 Å². The molecule has 1 amide bonds. The molecule has 0 spiro atoms. The summed E-state index contributed by atoms with van der Waals surface area (Å²) in [5, 5.41) is 3.06. The fourth-order valence-electron chi connectivity index (χ4n) is 3.30. The maximum absolute atomic E-state index is 11.0. The lowest BCUT2D eigenvalue weighted by molar-refractivity contribution is -0.119. The molecule has 1 N–H and O–H groups in total. The van der Waals surface area contributed by atoms with Gasteiger partial charge in [-0.3, -0.25) is 9.69 Å². The minimum absolute atomic E-state index is 0.120. The number of nitrogens with one attached hydrogen (secondary N) is 1. The normalized spacial score (nSPS) is 31.9. The topological polar surface area (TPSA) is 35.6 Å². The first-order valence-corrected chi connectivity index (χ1v) is 7.35. The van der Waals surface area contributed by atoms with E-state index in [-0.39, 0.29) is 5.91 Å². The third kappa shape index (κ3) is 3.95. The van der Waals surface area contributed by atoms with Gasteiger partial charge in [-0.15, -0.1) is 0 Å². The van der Waals surface area contributed by atoms with Gasteiger partial charge in [-0.1, -0.05) is 0 Å². The second-order valence-electron chi connectivity index (χ2n) is 5.90. The molecular formula is C14H27N3O. The standard InChI is InChI=1S/C14H27N3O/c1-12(18)15-13-4-6-14(7-5-13)17-9-3-8-16(2)10-11-17/h13-14H,3-11H2,1-2H3,(H,15,18)/t13-,14+. The second kappa shape index (κ2) is 6.53. The molecule has 0 aromatic rings. The van der Waals surface area contributed by atoms with Gasteiger partial charge in [-0.25, -0.2) is 0 Å². The first-order valence-electron chi connectivity index (χ1n) is 7.35. The number of carbonyl (C=O) groups is 1. The van der Waals surface area contributed by atoms with Gasteiger partial charge in [0.25, 0.3) is 0 Å². The van der Waals surface area contributed by atoms with E-state index in [1.54, 1.807) is 6.92 Å². The van der Waals surface area contributed by atoms with Crippen LogP contribution in [-0.2, 0) is 4.79 Å². The summed E-state index contributed by atoms with van der Waals surface area (Å²) in [4.78, 5) is 16.2. The van der Waals surface area contributed by atoms with E-state index in [9.17, 15) is 4.79 Å². The molecule has 0 aromatic heterocycles. The first kappa shape index (κ1) is 13.8. The fourth-order valence-corrected chi connectivity index (χ4v) is 3.30. The molecule has 0 unspecified atom stereocenters. The zero-order chi connectivity index (χ0) is 13.0. The molecule has 2 aliphatic rings. The van der Waals surface area contributed by atoms with E-state index in [0.29, 0.717) is 6.04 Å². The molecule has 0 radical (unpaired) electrons. The highest BCUT2D eigenvalue weighted by molar-refractivity contribution is 5.73. The third-order valence-corrected chi connectivity index (χ3v) is 4.37. The van der Waals surface area contributed by atoms with E-state index in [1.165, 1.54) is 45.4 Å². The van der Waals surface area contributed by atoms with Crippen LogP contribution in [0.15, 0.2) is 0 Å². The van der Waals surface area contributed by atoms with Crippen molar-refractivity contribution in [2.24, 2.45) is 0 Å². The van der Waals surface area contributed by atoms with Gasteiger partial charge in [0.05, 0.1) is 0 Å². The van der Waals surface area contributed by atoms with Crippen LogP contribution in [0.3, 0.4) is 0 Å². The van der Waals surface area contributed by atoms with Gasteiger partial charge in [-0.05, 0) is 52.2 Å². The van der Waals surface area contributed by atoms with Gasteiger partial charge in [0.15, 0.2) is 0 Å². The number of carbonyl (C=O) groups excluding carboxylic acids is 1. The summed E-state index contributed by atoms with van der Waals surface area (Å²) in [6, 6.07) is 1.18. The van der Waals surface area contributed by atoms with Crippen LogP contribution in [0.4, 0.5) is 0 Å². The largest absolute Gasteiger partial charge is 0.354 e. The lowest BCUT2D eigenvalue weighted by atomic mass is 9.90. The molecule has 1 aliphatic heterocycles.